The van der Waals surface area contributed by atoms with E-state index in [1.165, 1.54) is 0 Å². The number of hydrogen-bond donors (Lipinski definition) is 0. The predicted molar refractivity (Wildman–Crippen MR) is 71.5 cm³/mol. The molecule has 2 fully saturated rings. The Morgan fingerprint density at radius 1 is 1.14 bits per heavy atom. The van der Waals surface area contributed by atoms with E-state index in [4.69, 9.17) is 4.74 Å². The lowest BCUT2D eigenvalue weighted by atomic mass is 10.2. The van der Waals surface area contributed by atoms with E-state index in [1.54, 1.807) is 17.2 Å². The molecule has 0 radical (unpaired) electrons. The number of nitrogens with zero attached hydrogens (tertiary/aromatic N) is 4. The highest BCUT2D eigenvalue weighted by Gasteiger charge is 2.43. The first-order valence-electron chi connectivity index (χ1n) is 7.05. The third kappa shape index (κ3) is 3.20. The molecule has 21 heavy (non-hydrogen) atoms. The van der Waals surface area contributed by atoms with Crippen molar-refractivity contribution in [3.05, 3.63) is 12.3 Å². The van der Waals surface area contributed by atoms with Gasteiger partial charge in [-0.15, -0.1) is 0 Å². The number of aromatic nitrogens is 2. The zero-order chi connectivity index (χ0) is 14.9. The number of halogens is 3. The van der Waals surface area contributed by atoms with Gasteiger partial charge in [0.1, 0.15) is 5.82 Å². The van der Waals surface area contributed by atoms with Gasteiger partial charge in [0.2, 0.25) is 5.95 Å². The molecule has 1 aromatic rings. The lowest BCUT2D eigenvalue weighted by molar-refractivity contribution is -0.221. The van der Waals surface area contributed by atoms with Crippen LogP contribution in [0.1, 0.15) is 12.8 Å². The zero-order valence-electron chi connectivity index (χ0n) is 11.5. The van der Waals surface area contributed by atoms with E-state index in [-0.39, 0.29) is 13.2 Å². The first-order valence-corrected chi connectivity index (χ1v) is 7.05. The van der Waals surface area contributed by atoms with Gasteiger partial charge in [0.05, 0.1) is 13.2 Å². The quantitative estimate of drug-likeness (QED) is 0.834. The Labute approximate surface area is 120 Å². The number of alkyl halides is 3. The first-order chi connectivity index (χ1) is 10.0. The molecule has 0 amide bonds. The Morgan fingerprint density at radius 3 is 2.62 bits per heavy atom. The number of ether oxygens (including phenoxy) is 1. The third-order valence-electron chi connectivity index (χ3n) is 3.77. The SMILES string of the molecule is FC(F)(F)C1CN(c2nccc(N3CCCC3)n2)CCO1. The van der Waals surface area contributed by atoms with Gasteiger partial charge in [0.25, 0.3) is 0 Å². The van der Waals surface area contributed by atoms with Crippen LogP contribution in [-0.4, -0.2) is 55.0 Å². The summed E-state index contributed by atoms with van der Waals surface area (Å²) in [6, 6.07) is 1.80. The van der Waals surface area contributed by atoms with Crippen molar-refractivity contribution in [3.8, 4) is 0 Å². The van der Waals surface area contributed by atoms with Gasteiger partial charge in [-0.25, -0.2) is 4.98 Å². The van der Waals surface area contributed by atoms with Crippen molar-refractivity contribution in [2.45, 2.75) is 25.1 Å². The monoisotopic (exact) mass is 302 g/mol. The minimum Gasteiger partial charge on any atom is -0.365 e. The summed E-state index contributed by atoms with van der Waals surface area (Å²) >= 11 is 0. The summed E-state index contributed by atoms with van der Waals surface area (Å²) in [5.41, 5.74) is 0. The number of rotatable bonds is 2. The summed E-state index contributed by atoms with van der Waals surface area (Å²) in [5, 5.41) is 0. The summed E-state index contributed by atoms with van der Waals surface area (Å²) < 4.78 is 43.1. The van der Waals surface area contributed by atoms with Gasteiger partial charge < -0.3 is 14.5 Å². The third-order valence-corrected chi connectivity index (χ3v) is 3.77. The maximum atomic E-state index is 12.8. The minimum atomic E-state index is -4.36. The Kier molecular flexibility index (Phi) is 3.88. The van der Waals surface area contributed by atoms with E-state index in [0.29, 0.717) is 12.5 Å². The van der Waals surface area contributed by atoms with Gasteiger partial charge in [0, 0.05) is 25.8 Å². The van der Waals surface area contributed by atoms with Crippen molar-refractivity contribution in [1.29, 1.82) is 0 Å². The molecule has 1 atom stereocenters. The second kappa shape index (κ2) is 5.67. The van der Waals surface area contributed by atoms with Gasteiger partial charge in [0.15, 0.2) is 6.10 Å². The lowest BCUT2D eigenvalue weighted by Gasteiger charge is -2.34. The van der Waals surface area contributed by atoms with E-state index in [0.717, 1.165) is 31.7 Å². The second-order valence-corrected chi connectivity index (χ2v) is 5.26. The summed E-state index contributed by atoms with van der Waals surface area (Å²) in [7, 11) is 0. The molecule has 0 aliphatic carbocycles. The molecule has 0 N–H and O–H groups in total. The van der Waals surface area contributed by atoms with Crippen molar-refractivity contribution in [2.24, 2.45) is 0 Å². The predicted octanol–water partition coefficient (Wildman–Crippen LogP) is 1.84. The van der Waals surface area contributed by atoms with Crippen molar-refractivity contribution < 1.29 is 17.9 Å². The molecule has 2 aliphatic heterocycles. The van der Waals surface area contributed by atoms with E-state index in [1.807, 2.05) is 0 Å². The fraction of sp³-hybridized carbons (Fsp3) is 0.692. The maximum Gasteiger partial charge on any atom is 0.416 e. The molecule has 2 aliphatic rings. The Hall–Kier alpha value is -1.57. The van der Waals surface area contributed by atoms with E-state index in [2.05, 4.69) is 14.9 Å². The maximum absolute atomic E-state index is 12.8. The highest BCUT2D eigenvalue weighted by atomic mass is 19.4. The Bertz CT molecular complexity index is 491. The normalized spacial score (nSPS) is 23.7. The highest BCUT2D eigenvalue weighted by Crippen LogP contribution is 2.27. The van der Waals surface area contributed by atoms with Crippen molar-refractivity contribution in [2.75, 3.05) is 42.6 Å². The molecular formula is C13H17F3N4O. The molecule has 0 spiro atoms. The molecule has 1 unspecified atom stereocenters. The standard InChI is InChI=1S/C13H17F3N4O/c14-13(15,16)10-9-20(7-8-21-10)12-17-4-3-11(18-12)19-5-1-2-6-19/h3-4,10H,1-2,5-9H2. The van der Waals surface area contributed by atoms with E-state index >= 15 is 0 Å². The first kappa shape index (κ1) is 14.4. The summed E-state index contributed by atoms with van der Waals surface area (Å²) in [6.07, 6.45) is -2.29. The van der Waals surface area contributed by atoms with Crippen LogP contribution in [0.3, 0.4) is 0 Å². The molecule has 2 saturated heterocycles. The van der Waals surface area contributed by atoms with Crippen LogP contribution in [0.2, 0.25) is 0 Å². The largest absolute Gasteiger partial charge is 0.416 e. The van der Waals surface area contributed by atoms with Crippen LogP contribution in [0.4, 0.5) is 24.9 Å². The second-order valence-electron chi connectivity index (χ2n) is 5.26. The van der Waals surface area contributed by atoms with Gasteiger partial charge in [-0.05, 0) is 18.9 Å². The summed E-state index contributed by atoms with van der Waals surface area (Å²) in [4.78, 5) is 12.2. The van der Waals surface area contributed by atoms with Gasteiger partial charge in [-0.1, -0.05) is 0 Å². The van der Waals surface area contributed by atoms with Crippen LogP contribution in [0.25, 0.3) is 0 Å². The molecule has 1 aromatic heterocycles. The fourth-order valence-corrected chi connectivity index (χ4v) is 2.64. The van der Waals surface area contributed by atoms with Crippen molar-refractivity contribution in [1.82, 2.24) is 9.97 Å². The molecule has 5 nitrogen and oxygen atoms in total. The van der Waals surface area contributed by atoms with Crippen LogP contribution in [0, 0.1) is 0 Å². The van der Waals surface area contributed by atoms with Crippen LogP contribution >= 0.6 is 0 Å². The van der Waals surface area contributed by atoms with Crippen LogP contribution in [0.5, 0.6) is 0 Å². The fourth-order valence-electron chi connectivity index (χ4n) is 2.64. The lowest BCUT2D eigenvalue weighted by Crippen LogP contribution is -2.49. The van der Waals surface area contributed by atoms with Gasteiger partial charge >= 0.3 is 6.18 Å². The molecule has 3 rings (SSSR count). The topological polar surface area (TPSA) is 41.5 Å². The van der Waals surface area contributed by atoms with Crippen molar-refractivity contribution in [3.63, 3.8) is 0 Å². The molecule has 0 bridgehead atoms. The molecule has 0 saturated carbocycles. The Balaban J connectivity index is 1.75. The Morgan fingerprint density at radius 2 is 1.90 bits per heavy atom. The van der Waals surface area contributed by atoms with Crippen LogP contribution < -0.4 is 9.80 Å². The number of hydrogen-bond acceptors (Lipinski definition) is 5. The average Bonchev–Trinajstić information content (AvgIpc) is 3.01. The van der Waals surface area contributed by atoms with Gasteiger partial charge in [-0.3, -0.25) is 0 Å². The number of anilines is 2. The molecular weight excluding hydrogens is 285 g/mol. The number of morpholine rings is 1. The molecule has 0 aromatic carbocycles. The molecule has 3 heterocycles. The molecule has 116 valence electrons. The minimum absolute atomic E-state index is 0.0292. The highest BCUT2D eigenvalue weighted by molar-refractivity contribution is 5.44. The average molecular weight is 302 g/mol. The van der Waals surface area contributed by atoms with Crippen LogP contribution in [0.15, 0.2) is 12.3 Å². The summed E-state index contributed by atoms with van der Waals surface area (Å²) in [6.45, 7) is 2.01. The van der Waals surface area contributed by atoms with E-state index in [9.17, 15) is 13.2 Å². The van der Waals surface area contributed by atoms with Crippen LogP contribution in [-0.2, 0) is 4.74 Å². The molecule has 8 heteroatoms. The summed E-state index contributed by atoms with van der Waals surface area (Å²) in [5.74, 6) is 1.13. The van der Waals surface area contributed by atoms with Crippen molar-refractivity contribution >= 4 is 11.8 Å². The van der Waals surface area contributed by atoms with Gasteiger partial charge in [-0.2, -0.15) is 18.2 Å². The smallest absolute Gasteiger partial charge is 0.365 e. The van der Waals surface area contributed by atoms with E-state index < -0.39 is 12.3 Å². The zero-order valence-corrected chi connectivity index (χ0v) is 11.5.